The molecule has 1 amide bonds. The number of hydrogen-bond donors (Lipinski definition) is 1. The third-order valence-corrected chi connectivity index (χ3v) is 6.51. The Morgan fingerprint density at radius 1 is 1.09 bits per heavy atom. The average molecular weight is 478 g/mol. The van der Waals surface area contributed by atoms with Gasteiger partial charge in [0.15, 0.2) is 11.5 Å². The molecule has 2 heterocycles. The molecule has 1 N–H and O–H groups in total. The van der Waals surface area contributed by atoms with E-state index in [1.165, 1.54) is 27.8 Å². The number of methoxy groups -OCH3 is 2. The highest BCUT2D eigenvalue weighted by Crippen LogP contribution is 2.36. The van der Waals surface area contributed by atoms with E-state index in [9.17, 15) is 9.59 Å². The zero-order valence-electron chi connectivity index (χ0n) is 19.5. The zero-order valence-corrected chi connectivity index (χ0v) is 20.3. The lowest BCUT2D eigenvalue weighted by molar-refractivity contribution is -0.116. The van der Waals surface area contributed by atoms with Gasteiger partial charge in [0, 0.05) is 16.6 Å². The molecule has 7 nitrogen and oxygen atoms in total. The Balaban J connectivity index is 1.57. The van der Waals surface area contributed by atoms with Crippen LogP contribution in [0.25, 0.3) is 21.3 Å². The smallest absolute Gasteiger partial charge is 0.263 e. The highest BCUT2D eigenvalue weighted by Gasteiger charge is 2.16. The van der Waals surface area contributed by atoms with Gasteiger partial charge >= 0.3 is 0 Å². The Morgan fingerprint density at radius 2 is 1.85 bits per heavy atom. The zero-order chi connectivity index (χ0) is 24.1. The van der Waals surface area contributed by atoms with Crippen molar-refractivity contribution < 1.29 is 14.3 Å². The van der Waals surface area contributed by atoms with Crippen LogP contribution >= 0.6 is 11.3 Å². The molecule has 0 aliphatic heterocycles. The first-order chi connectivity index (χ1) is 16.5. The molecule has 4 rings (SSSR count). The van der Waals surface area contributed by atoms with Gasteiger partial charge in [0.25, 0.3) is 5.56 Å². The monoisotopic (exact) mass is 477 g/mol. The van der Waals surface area contributed by atoms with Crippen molar-refractivity contribution >= 4 is 33.1 Å². The van der Waals surface area contributed by atoms with Crippen molar-refractivity contribution in [2.24, 2.45) is 0 Å². The highest BCUT2D eigenvalue weighted by molar-refractivity contribution is 7.17. The number of aromatic nitrogens is 2. The molecule has 176 valence electrons. The largest absolute Gasteiger partial charge is 0.493 e. The summed E-state index contributed by atoms with van der Waals surface area (Å²) in [5, 5.41) is 5.24. The van der Waals surface area contributed by atoms with Crippen molar-refractivity contribution in [2.75, 3.05) is 19.5 Å². The summed E-state index contributed by atoms with van der Waals surface area (Å²) in [6.45, 7) is 2.04. The van der Waals surface area contributed by atoms with E-state index in [-0.39, 0.29) is 18.0 Å². The van der Waals surface area contributed by atoms with Crippen LogP contribution in [0, 0.1) is 0 Å². The van der Waals surface area contributed by atoms with Gasteiger partial charge in [-0.05, 0) is 48.2 Å². The number of thiophene rings is 1. The minimum atomic E-state index is -0.285. The first-order valence-electron chi connectivity index (χ1n) is 11.1. The van der Waals surface area contributed by atoms with Crippen LogP contribution in [-0.2, 0) is 17.8 Å². The Bertz CT molecular complexity index is 1360. The van der Waals surface area contributed by atoms with E-state index >= 15 is 0 Å². The van der Waals surface area contributed by atoms with E-state index in [1.54, 1.807) is 20.3 Å². The SMILES string of the molecule is CCCCc1ccc(NC(=O)Cn2cnc3scc(-c4ccc(OC)c(OC)c4)c3c2=O)cc1. The van der Waals surface area contributed by atoms with Gasteiger partial charge in [-0.15, -0.1) is 11.3 Å². The fourth-order valence-corrected chi connectivity index (χ4v) is 4.69. The summed E-state index contributed by atoms with van der Waals surface area (Å²) in [6, 6.07) is 13.3. The number of rotatable bonds is 9. The van der Waals surface area contributed by atoms with Gasteiger partial charge in [-0.25, -0.2) is 4.98 Å². The van der Waals surface area contributed by atoms with Crippen molar-refractivity contribution in [3.05, 3.63) is 70.1 Å². The molecule has 0 aliphatic rings. The quantitative estimate of drug-likeness (QED) is 0.362. The number of ether oxygens (including phenoxy) is 2. The molecule has 0 saturated heterocycles. The molecule has 2 aromatic carbocycles. The van der Waals surface area contributed by atoms with E-state index in [0.29, 0.717) is 27.4 Å². The lowest BCUT2D eigenvalue weighted by Gasteiger charge is -2.10. The molecular weight excluding hydrogens is 450 g/mol. The van der Waals surface area contributed by atoms with Gasteiger partial charge in [0.05, 0.1) is 25.9 Å². The third kappa shape index (κ3) is 4.97. The molecule has 0 saturated carbocycles. The first-order valence-corrected chi connectivity index (χ1v) is 12.0. The number of carbonyl (C=O) groups excluding carboxylic acids is 1. The Kier molecular flexibility index (Phi) is 7.27. The molecule has 8 heteroatoms. The van der Waals surface area contributed by atoms with E-state index in [0.717, 1.165) is 30.4 Å². The molecule has 34 heavy (non-hydrogen) atoms. The summed E-state index contributed by atoms with van der Waals surface area (Å²) in [5.41, 5.74) is 3.24. The van der Waals surface area contributed by atoms with Crippen LogP contribution in [-0.4, -0.2) is 29.7 Å². The summed E-state index contributed by atoms with van der Waals surface area (Å²) < 4.78 is 12.1. The average Bonchev–Trinajstić information content (AvgIpc) is 3.30. The molecule has 0 bridgehead atoms. The molecule has 2 aromatic heterocycles. The Morgan fingerprint density at radius 3 is 2.56 bits per heavy atom. The molecule has 4 aromatic rings. The standard InChI is InChI=1S/C26H27N3O4S/c1-4-5-6-17-7-10-19(11-8-17)28-23(30)14-29-16-27-25-24(26(29)31)20(15-34-25)18-9-12-21(32-2)22(13-18)33-3/h7-13,15-16H,4-6,14H2,1-3H3,(H,28,30). The fraction of sp³-hybridized carbons (Fsp3) is 0.269. The van der Waals surface area contributed by atoms with Gasteiger partial charge < -0.3 is 14.8 Å². The van der Waals surface area contributed by atoms with Crippen molar-refractivity contribution in [3.63, 3.8) is 0 Å². The molecule has 0 fully saturated rings. The van der Waals surface area contributed by atoms with Crippen LogP contribution in [0.3, 0.4) is 0 Å². The summed E-state index contributed by atoms with van der Waals surface area (Å²) in [5.74, 6) is 0.896. The third-order valence-electron chi connectivity index (χ3n) is 5.63. The Hall–Kier alpha value is -3.65. The number of nitrogens with one attached hydrogen (secondary N) is 1. The second kappa shape index (κ2) is 10.5. The maximum atomic E-state index is 13.3. The lowest BCUT2D eigenvalue weighted by Crippen LogP contribution is -2.27. The van der Waals surface area contributed by atoms with Crippen LogP contribution < -0.4 is 20.3 Å². The lowest BCUT2D eigenvalue weighted by atomic mass is 10.1. The van der Waals surface area contributed by atoms with E-state index in [2.05, 4.69) is 17.2 Å². The Labute approximate surface area is 202 Å². The number of amides is 1. The van der Waals surface area contributed by atoms with Crippen LogP contribution in [0.5, 0.6) is 11.5 Å². The van der Waals surface area contributed by atoms with Gasteiger partial charge in [0.2, 0.25) is 5.91 Å². The minimum Gasteiger partial charge on any atom is -0.493 e. The van der Waals surface area contributed by atoms with Gasteiger partial charge in [-0.3, -0.25) is 14.2 Å². The number of fused-ring (bicyclic) bond motifs is 1. The maximum absolute atomic E-state index is 13.3. The molecule has 0 spiro atoms. The van der Waals surface area contributed by atoms with E-state index in [1.807, 2.05) is 41.8 Å². The topological polar surface area (TPSA) is 82.5 Å². The van der Waals surface area contributed by atoms with Crippen LogP contribution in [0.1, 0.15) is 25.3 Å². The number of unbranched alkanes of at least 4 members (excludes halogenated alkanes) is 1. The van der Waals surface area contributed by atoms with Crippen molar-refractivity contribution in [2.45, 2.75) is 32.7 Å². The summed E-state index contributed by atoms with van der Waals surface area (Å²) in [4.78, 5) is 31.0. The summed E-state index contributed by atoms with van der Waals surface area (Å²) in [7, 11) is 3.14. The first kappa shape index (κ1) is 23.5. The summed E-state index contributed by atoms with van der Waals surface area (Å²) in [6.07, 6.45) is 4.73. The second-order valence-electron chi connectivity index (χ2n) is 7.93. The maximum Gasteiger partial charge on any atom is 0.263 e. The molecule has 0 aliphatic carbocycles. The van der Waals surface area contributed by atoms with Crippen LogP contribution in [0.4, 0.5) is 5.69 Å². The number of anilines is 1. The minimum absolute atomic E-state index is 0.124. The van der Waals surface area contributed by atoms with Gasteiger partial charge in [-0.2, -0.15) is 0 Å². The fourth-order valence-electron chi connectivity index (χ4n) is 3.79. The number of aryl methyl sites for hydroxylation is 1. The van der Waals surface area contributed by atoms with Gasteiger partial charge in [-0.1, -0.05) is 31.5 Å². The van der Waals surface area contributed by atoms with E-state index in [4.69, 9.17) is 9.47 Å². The van der Waals surface area contributed by atoms with E-state index < -0.39 is 0 Å². The molecule has 0 atom stereocenters. The number of hydrogen-bond acceptors (Lipinski definition) is 6. The number of nitrogens with zero attached hydrogens (tertiary/aromatic N) is 2. The molecule has 0 radical (unpaired) electrons. The molecular formula is C26H27N3O4S. The second-order valence-corrected chi connectivity index (χ2v) is 8.78. The molecule has 0 unspecified atom stereocenters. The van der Waals surface area contributed by atoms with Crippen LogP contribution in [0.2, 0.25) is 0 Å². The number of carbonyl (C=O) groups is 1. The van der Waals surface area contributed by atoms with Crippen molar-refractivity contribution in [1.82, 2.24) is 9.55 Å². The number of benzene rings is 2. The normalized spacial score (nSPS) is 10.9. The predicted molar refractivity (Wildman–Crippen MR) is 136 cm³/mol. The highest BCUT2D eigenvalue weighted by atomic mass is 32.1. The van der Waals surface area contributed by atoms with Crippen molar-refractivity contribution in [3.8, 4) is 22.6 Å². The van der Waals surface area contributed by atoms with Crippen LogP contribution in [0.15, 0.2) is 59.0 Å². The van der Waals surface area contributed by atoms with Gasteiger partial charge in [0.1, 0.15) is 11.4 Å². The summed E-state index contributed by atoms with van der Waals surface area (Å²) >= 11 is 1.39. The van der Waals surface area contributed by atoms with Crippen molar-refractivity contribution in [1.29, 1.82) is 0 Å². The predicted octanol–water partition coefficient (Wildman–Crippen LogP) is 5.12.